The Labute approximate surface area is 202 Å². The molecule has 2 rings (SSSR count). The van der Waals surface area contributed by atoms with E-state index in [4.69, 9.17) is 23.7 Å². The highest BCUT2D eigenvalue weighted by Crippen LogP contribution is 2.37. The molecule has 0 aliphatic heterocycles. The summed E-state index contributed by atoms with van der Waals surface area (Å²) >= 11 is 0. The van der Waals surface area contributed by atoms with Crippen LogP contribution in [-0.2, 0) is 16.0 Å². The van der Waals surface area contributed by atoms with Gasteiger partial charge < -0.3 is 23.7 Å². The molecule has 0 aromatic heterocycles. The Hall–Kier alpha value is -3.22. The fourth-order valence-corrected chi connectivity index (χ4v) is 3.19. The first-order chi connectivity index (χ1) is 15.8. The van der Waals surface area contributed by atoms with E-state index in [-0.39, 0.29) is 18.8 Å². The van der Waals surface area contributed by atoms with Crippen LogP contribution in [0.4, 0.5) is 0 Å². The molecular weight excluding hydrogens is 436 g/mol. The molecule has 0 aliphatic rings. The molecular formula is C27H36O7. The van der Waals surface area contributed by atoms with Crippen molar-refractivity contribution in [1.29, 1.82) is 0 Å². The molecule has 0 heterocycles. The molecule has 0 aliphatic carbocycles. The zero-order valence-corrected chi connectivity index (χ0v) is 21.4. The summed E-state index contributed by atoms with van der Waals surface area (Å²) in [5.41, 5.74) is 0.342. The smallest absolute Gasteiger partial charge is 0.344 e. The van der Waals surface area contributed by atoms with Crippen molar-refractivity contribution in [1.82, 2.24) is 0 Å². The molecule has 0 fully saturated rings. The number of aryl methyl sites for hydroxylation is 1. The standard InChI is InChI=1S/C27H36O7/c1-26(2,3)33-22-16-24(31-8)23(30-7)15-19(22)12-13-21(28)18-10-9-11-20(14-18)32-17-25(29)34-27(4,5)6/h9-11,14-16H,12-13,17H2,1-8H3. The fraction of sp³-hybridized carbons (Fsp3) is 0.481. The minimum atomic E-state index is -0.585. The zero-order valence-electron chi connectivity index (χ0n) is 21.4. The summed E-state index contributed by atoms with van der Waals surface area (Å²) in [4.78, 5) is 24.8. The van der Waals surface area contributed by atoms with Crippen LogP contribution in [0.2, 0.25) is 0 Å². The second-order valence-corrected chi connectivity index (χ2v) is 9.86. The third-order valence-corrected chi connectivity index (χ3v) is 4.54. The summed E-state index contributed by atoms with van der Waals surface area (Å²) in [6.07, 6.45) is 0.707. The monoisotopic (exact) mass is 472 g/mol. The van der Waals surface area contributed by atoms with E-state index >= 15 is 0 Å². The Morgan fingerprint density at radius 1 is 0.824 bits per heavy atom. The molecule has 186 valence electrons. The molecule has 7 nitrogen and oxygen atoms in total. The van der Waals surface area contributed by atoms with E-state index in [2.05, 4.69) is 0 Å². The van der Waals surface area contributed by atoms with Gasteiger partial charge in [-0.3, -0.25) is 4.79 Å². The minimum Gasteiger partial charge on any atom is -0.493 e. The maximum Gasteiger partial charge on any atom is 0.344 e. The lowest BCUT2D eigenvalue weighted by Crippen LogP contribution is -2.27. The number of rotatable bonds is 10. The van der Waals surface area contributed by atoms with Gasteiger partial charge in [0.1, 0.15) is 22.7 Å². The average molecular weight is 473 g/mol. The molecule has 0 N–H and O–H groups in total. The van der Waals surface area contributed by atoms with E-state index in [0.29, 0.717) is 35.0 Å². The largest absolute Gasteiger partial charge is 0.493 e. The van der Waals surface area contributed by atoms with Crippen molar-refractivity contribution >= 4 is 11.8 Å². The fourth-order valence-electron chi connectivity index (χ4n) is 3.19. The summed E-state index contributed by atoms with van der Waals surface area (Å²) in [5.74, 6) is 1.69. The molecule has 34 heavy (non-hydrogen) atoms. The minimum absolute atomic E-state index is 0.0563. The molecule has 0 saturated heterocycles. The van der Waals surface area contributed by atoms with Gasteiger partial charge in [0.15, 0.2) is 23.9 Å². The Kier molecular flexibility index (Phi) is 8.96. The molecule has 2 aromatic rings. The van der Waals surface area contributed by atoms with Crippen molar-refractivity contribution in [3.63, 3.8) is 0 Å². The predicted octanol–water partition coefficient (Wildman–Crippen LogP) is 5.42. The van der Waals surface area contributed by atoms with Crippen molar-refractivity contribution in [2.75, 3.05) is 20.8 Å². The lowest BCUT2D eigenvalue weighted by atomic mass is 10.0. The van der Waals surface area contributed by atoms with Gasteiger partial charge in [0.05, 0.1) is 14.2 Å². The van der Waals surface area contributed by atoms with Gasteiger partial charge in [0.2, 0.25) is 0 Å². The van der Waals surface area contributed by atoms with E-state index in [1.54, 1.807) is 65.3 Å². The molecule has 0 amide bonds. The van der Waals surface area contributed by atoms with Crippen LogP contribution in [0.25, 0.3) is 0 Å². The third-order valence-electron chi connectivity index (χ3n) is 4.54. The molecule has 0 atom stereocenters. The van der Waals surface area contributed by atoms with Gasteiger partial charge in [0, 0.05) is 18.1 Å². The topological polar surface area (TPSA) is 80.3 Å². The maximum absolute atomic E-state index is 12.9. The van der Waals surface area contributed by atoms with E-state index in [0.717, 1.165) is 5.56 Å². The van der Waals surface area contributed by atoms with Crippen LogP contribution >= 0.6 is 0 Å². The van der Waals surface area contributed by atoms with E-state index in [1.165, 1.54) is 0 Å². The number of hydrogen-bond donors (Lipinski definition) is 0. The highest BCUT2D eigenvalue weighted by molar-refractivity contribution is 5.96. The molecule has 0 unspecified atom stereocenters. The molecule has 2 aromatic carbocycles. The van der Waals surface area contributed by atoms with Crippen LogP contribution in [0.3, 0.4) is 0 Å². The summed E-state index contributed by atoms with van der Waals surface area (Å²) in [5, 5.41) is 0. The van der Waals surface area contributed by atoms with Gasteiger partial charge in [0.25, 0.3) is 0 Å². The lowest BCUT2D eigenvalue weighted by Gasteiger charge is -2.24. The number of esters is 1. The second kappa shape index (κ2) is 11.3. The van der Waals surface area contributed by atoms with Crippen LogP contribution in [0.15, 0.2) is 36.4 Å². The SMILES string of the molecule is COc1cc(CCC(=O)c2cccc(OCC(=O)OC(C)(C)C)c2)c(OC(C)(C)C)cc1OC. The number of methoxy groups -OCH3 is 2. The molecule has 0 bridgehead atoms. The van der Waals surface area contributed by atoms with Crippen LogP contribution in [0.5, 0.6) is 23.0 Å². The highest BCUT2D eigenvalue weighted by Gasteiger charge is 2.20. The van der Waals surface area contributed by atoms with Crippen LogP contribution in [0.1, 0.15) is 63.9 Å². The van der Waals surface area contributed by atoms with Crippen molar-refractivity contribution in [2.45, 2.75) is 65.6 Å². The van der Waals surface area contributed by atoms with Gasteiger partial charge in [-0.1, -0.05) is 12.1 Å². The van der Waals surface area contributed by atoms with Gasteiger partial charge in [-0.25, -0.2) is 4.79 Å². The highest BCUT2D eigenvalue weighted by atomic mass is 16.6. The Balaban J connectivity index is 2.12. The third kappa shape index (κ3) is 8.61. The van der Waals surface area contributed by atoms with Crippen LogP contribution < -0.4 is 18.9 Å². The first kappa shape index (κ1) is 27.0. The Bertz CT molecular complexity index is 997. The van der Waals surface area contributed by atoms with Crippen molar-refractivity contribution in [3.8, 4) is 23.0 Å². The molecule has 7 heteroatoms. The number of carbonyl (C=O) groups excluding carboxylic acids is 2. The van der Waals surface area contributed by atoms with E-state index in [1.807, 2.05) is 26.8 Å². The second-order valence-electron chi connectivity index (χ2n) is 9.86. The van der Waals surface area contributed by atoms with E-state index < -0.39 is 17.2 Å². The number of ether oxygens (including phenoxy) is 5. The van der Waals surface area contributed by atoms with Crippen molar-refractivity contribution in [2.24, 2.45) is 0 Å². The number of Topliss-reactive ketones (excluding diaryl/α,β-unsaturated/α-hetero) is 1. The molecule has 0 saturated carbocycles. The maximum atomic E-state index is 12.9. The van der Waals surface area contributed by atoms with Crippen LogP contribution in [-0.4, -0.2) is 43.8 Å². The first-order valence-electron chi connectivity index (χ1n) is 11.2. The Morgan fingerprint density at radius 2 is 1.47 bits per heavy atom. The lowest BCUT2D eigenvalue weighted by molar-refractivity contribution is -0.157. The van der Waals surface area contributed by atoms with Crippen LogP contribution in [0, 0.1) is 0 Å². The van der Waals surface area contributed by atoms with Crippen molar-refractivity contribution in [3.05, 3.63) is 47.5 Å². The summed E-state index contributed by atoms with van der Waals surface area (Å²) in [7, 11) is 3.14. The quantitative estimate of drug-likeness (QED) is 0.337. The normalized spacial score (nSPS) is 11.5. The average Bonchev–Trinajstić information content (AvgIpc) is 2.74. The van der Waals surface area contributed by atoms with E-state index in [9.17, 15) is 9.59 Å². The number of ketones is 1. The predicted molar refractivity (Wildman–Crippen MR) is 130 cm³/mol. The number of hydrogen-bond acceptors (Lipinski definition) is 7. The molecule has 0 radical (unpaired) electrons. The molecule has 0 spiro atoms. The van der Waals surface area contributed by atoms with Crippen molar-refractivity contribution < 1.29 is 33.3 Å². The zero-order chi connectivity index (χ0) is 25.5. The summed E-state index contributed by atoms with van der Waals surface area (Å²) < 4.78 is 27.7. The van der Waals surface area contributed by atoms with Gasteiger partial charge in [-0.2, -0.15) is 0 Å². The van der Waals surface area contributed by atoms with Gasteiger partial charge in [-0.15, -0.1) is 0 Å². The summed E-state index contributed by atoms with van der Waals surface area (Å²) in [6.45, 7) is 11.0. The number of benzene rings is 2. The van der Waals surface area contributed by atoms with Gasteiger partial charge in [-0.05, 0) is 71.7 Å². The Morgan fingerprint density at radius 3 is 2.06 bits per heavy atom. The van der Waals surface area contributed by atoms with Gasteiger partial charge >= 0.3 is 5.97 Å². The summed E-state index contributed by atoms with van der Waals surface area (Å²) in [6, 6.07) is 10.4. The number of carbonyl (C=O) groups is 2. The first-order valence-corrected chi connectivity index (χ1v) is 11.2.